The Morgan fingerprint density at radius 3 is 2.63 bits per heavy atom. The van der Waals surface area contributed by atoms with Gasteiger partial charge in [-0.2, -0.15) is 0 Å². The molecule has 0 saturated heterocycles. The first-order valence-electron chi connectivity index (χ1n) is 7.25. The normalized spacial score (nSPS) is 28.6. The molecule has 2 aliphatic rings. The molecule has 3 heteroatoms. The predicted octanol–water partition coefficient (Wildman–Crippen LogP) is 3.07. The third-order valence-electron chi connectivity index (χ3n) is 4.75. The highest BCUT2D eigenvalue weighted by Crippen LogP contribution is 2.47. The maximum absolute atomic E-state index is 11.9. The van der Waals surface area contributed by atoms with Crippen molar-refractivity contribution in [3.05, 3.63) is 29.8 Å². The van der Waals surface area contributed by atoms with E-state index >= 15 is 0 Å². The molecule has 0 aliphatic heterocycles. The zero-order valence-corrected chi connectivity index (χ0v) is 12.0. The molecule has 0 aromatic heterocycles. The smallest absolute Gasteiger partial charge is 0.224 e. The Kier molecular flexibility index (Phi) is 3.83. The maximum atomic E-state index is 11.9. The van der Waals surface area contributed by atoms with Crippen molar-refractivity contribution in [1.29, 1.82) is 0 Å². The standard InChI is InChI=1S/C16H21NOS/c18-16(9-11-2-5-15(19)6-3-11)17-10-14-8-12-1-4-13(14)7-12/h2-3,5-6,12-14,19H,1,4,7-10H2,(H,17,18). The number of carbonyl (C=O) groups excluding carboxylic acids is 1. The van der Waals surface area contributed by atoms with E-state index in [-0.39, 0.29) is 5.91 Å². The molecule has 2 nitrogen and oxygen atoms in total. The van der Waals surface area contributed by atoms with E-state index in [2.05, 4.69) is 17.9 Å². The minimum absolute atomic E-state index is 0.148. The average molecular weight is 275 g/mol. The van der Waals surface area contributed by atoms with Crippen LogP contribution in [0.3, 0.4) is 0 Å². The van der Waals surface area contributed by atoms with Gasteiger partial charge in [-0.15, -0.1) is 12.6 Å². The van der Waals surface area contributed by atoms with Crippen LogP contribution in [0.25, 0.3) is 0 Å². The Hall–Kier alpha value is -0.960. The molecule has 2 aliphatic carbocycles. The fraction of sp³-hybridized carbons (Fsp3) is 0.562. The van der Waals surface area contributed by atoms with Crippen LogP contribution >= 0.6 is 12.6 Å². The molecule has 2 saturated carbocycles. The van der Waals surface area contributed by atoms with Crippen LogP contribution in [0.4, 0.5) is 0 Å². The topological polar surface area (TPSA) is 29.1 Å². The molecule has 3 atom stereocenters. The molecule has 0 spiro atoms. The lowest BCUT2D eigenvalue weighted by molar-refractivity contribution is -0.120. The third-order valence-corrected chi connectivity index (χ3v) is 5.05. The zero-order chi connectivity index (χ0) is 13.2. The summed E-state index contributed by atoms with van der Waals surface area (Å²) in [7, 11) is 0. The van der Waals surface area contributed by atoms with E-state index in [1.54, 1.807) is 0 Å². The van der Waals surface area contributed by atoms with Crippen LogP contribution in [0.2, 0.25) is 0 Å². The zero-order valence-electron chi connectivity index (χ0n) is 11.1. The van der Waals surface area contributed by atoms with Crippen LogP contribution < -0.4 is 5.32 Å². The molecule has 2 bridgehead atoms. The molecule has 1 N–H and O–H groups in total. The van der Waals surface area contributed by atoms with E-state index in [1.165, 1.54) is 25.7 Å². The third kappa shape index (κ3) is 3.14. The first-order chi connectivity index (χ1) is 9.20. The fourth-order valence-corrected chi connectivity index (χ4v) is 3.88. The Labute approximate surface area is 120 Å². The Morgan fingerprint density at radius 2 is 2.00 bits per heavy atom. The fourth-order valence-electron chi connectivity index (χ4n) is 3.73. The van der Waals surface area contributed by atoms with Crippen LogP contribution in [0, 0.1) is 17.8 Å². The number of amides is 1. The minimum atomic E-state index is 0.148. The van der Waals surface area contributed by atoms with Crippen LogP contribution in [0.5, 0.6) is 0 Å². The summed E-state index contributed by atoms with van der Waals surface area (Å²) in [5.74, 6) is 2.72. The molecule has 1 aromatic carbocycles. The van der Waals surface area contributed by atoms with E-state index in [0.717, 1.165) is 34.8 Å². The van der Waals surface area contributed by atoms with E-state index in [0.29, 0.717) is 6.42 Å². The Balaban J connectivity index is 1.45. The second-order valence-corrected chi connectivity index (χ2v) is 6.60. The van der Waals surface area contributed by atoms with Crippen molar-refractivity contribution in [3.8, 4) is 0 Å². The van der Waals surface area contributed by atoms with Gasteiger partial charge in [0, 0.05) is 11.4 Å². The number of carbonyl (C=O) groups is 1. The van der Waals surface area contributed by atoms with Gasteiger partial charge in [0.15, 0.2) is 0 Å². The van der Waals surface area contributed by atoms with Crippen LogP contribution in [-0.2, 0) is 11.2 Å². The van der Waals surface area contributed by atoms with Gasteiger partial charge in [-0.25, -0.2) is 0 Å². The molecule has 1 amide bonds. The second kappa shape index (κ2) is 5.58. The van der Waals surface area contributed by atoms with E-state index in [1.807, 2.05) is 24.3 Å². The monoisotopic (exact) mass is 275 g/mol. The van der Waals surface area contributed by atoms with Crippen molar-refractivity contribution < 1.29 is 4.79 Å². The summed E-state index contributed by atoms with van der Waals surface area (Å²) >= 11 is 4.25. The first-order valence-corrected chi connectivity index (χ1v) is 7.70. The largest absolute Gasteiger partial charge is 0.356 e. The average Bonchev–Trinajstić information content (AvgIpc) is 3.01. The van der Waals surface area contributed by atoms with Gasteiger partial charge in [0.1, 0.15) is 0 Å². The maximum Gasteiger partial charge on any atom is 0.224 e. The molecule has 3 unspecified atom stereocenters. The van der Waals surface area contributed by atoms with Crippen molar-refractivity contribution in [2.45, 2.75) is 37.0 Å². The highest BCUT2D eigenvalue weighted by atomic mass is 32.1. The summed E-state index contributed by atoms with van der Waals surface area (Å²) < 4.78 is 0. The lowest BCUT2D eigenvalue weighted by Gasteiger charge is -2.21. The van der Waals surface area contributed by atoms with Crippen molar-refractivity contribution in [1.82, 2.24) is 5.32 Å². The number of fused-ring (bicyclic) bond motifs is 2. The van der Waals surface area contributed by atoms with Gasteiger partial charge < -0.3 is 5.32 Å². The van der Waals surface area contributed by atoms with E-state index in [4.69, 9.17) is 0 Å². The molecule has 102 valence electrons. The summed E-state index contributed by atoms with van der Waals surface area (Å²) in [6, 6.07) is 7.81. The van der Waals surface area contributed by atoms with E-state index in [9.17, 15) is 4.79 Å². The van der Waals surface area contributed by atoms with Gasteiger partial charge in [0.05, 0.1) is 6.42 Å². The van der Waals surface area contributed by atoms with Crippen molar-refractivity contribution in [3.63, 3.8) is 0 Å². The van der Waals surface area contributed by atoms with Crippen LogP contribution in [-0.4, -0.2) is 12.5 Å². The molecule has 2 fully saturated rings. The minimum Gasteiger partial charge on any atom is -0.356 e. The van der Waals surface area contributed by atoms with Crippen molar-refractivity contribution in [2.24, 2.45) is 17.8 Å². The van der Waals surface area contributed by atoms with Gasteiger partial charge in [-0.1, -0.05) is 18.6 Å². The van der Waals surface area contributed by atoms with Crippen molar-refractivity contribution >= 4 is 18.5 Å². The highest BCUT2D eigenvalue weighted by molar-refractivity contribution is 7.80. The molecule has 1 aromatic rings. The molecule has 3 rings (SSSR count). The van der Waals surface area contributed by atoms with Gasteiger partial charge in [-0.05, 0) is 54.7 Å². The van der Waals surface area contributed by atoms with E-state index < -0.39 is 0 Å². The number of nitrogens with one attached hydrogen (secondary N) is 1. The molecular formula is C16H21NOS. The number of hydrogen-bond donors (Lipinski definition) is 2. The number of hydrogen-bond acceptors (Lipinski definition) is 2. The van der Waals surface area contributed by atoms with Crippen LogP contribution in [0.15, 0.2) is 29.2 Å². The Bertz CT molecular complexity index is 456. The first kappa shape index (κ1) is 13.0. The lowest BCUT2D eigenvalue weighted by Crippen LogP contribution is -2.32. The van der Waals surface area contributed by atoms with Gasteiger partial charge in [0.2, 0.25) is 5.91 Å². The molecular weight excluding hydrogens is 254 g/mol. The molecule has 0 radical (unpaired) electrons. The SMILES string of the molecule is O=C(Cc1ccc(S)cc1)NCC1CC2CCC1C2. The summed E-state index contributed by atoms with van der Waals surface area (Å²) in [6.45, 7) is 0.880. The van der Waals surface area contributed by atoms with Crippen LogP contribution in [0.1, 0.15) is 31.2 Å². The predicted molar refractivity (Wildman–Crippen MR) is 79.3 cm³/mol. The molecule has 0 heterocycles. The summed E-state index contributed by atoms with van der Waals surface area (Å²) in [5, 5.41) is 3.11. The number of rotatable bonds is 4. The Morgan fingerprint density at radius 1 is 1.21 bits per heavy atom. The number of thiol groups is 1. The lowest BCUT2D eigenvalue weighted by atomic mass is 9.89. The summed E-state index contributed by atoms with van der Waals surface area (Å²) in [4.78, 5) is 12.9. The quantitative estimate of drug-likeness (QED) is 0.812. The number of benzene rings is 1. The highest BCUT2D eigenvalue weighted by Gasteiger charge is 2.39. The molecule has 19 heavy (non-hydrogen) atoms. The summed E-state index contributed by atoms with van der Waals surface area (Å²) in [6.07, 6.45) is 6.03. The second-order valence-electron chi connectivity index (χ2n) is 6.08. The van der Waals surface area contributed by atoms with Gasteiger partial charge in [-0.3, -0.25) is 4.79 Å². The van der Waals surface area contributed by atoms with Gasteiger partial charge in [0.25, 0.3) is 0 Å². The van der Waals surface area contributed by atoms with Gasteiger partial charge >= 0.3 is 0 Å². The van der Waals surface area contributed by atoms with Crippen molar-refractivity contribution in [2.75, 3.05) is 6.54 Å². The summed E-state index contributed by atoms with van der Waals surface area (Å²) in [5.41, 5.74) is 1.06.